The first-order valence-electron chi connectivity index (χ1n) is 9.77. The van der Waals surface area contributed by atoms with Crippen LogP contribution in [0.4, 0.5) is 5.69 Å². The van der Waals surface area contributed by atoms with Gasteiger partial charge in [-0.2, -0.15) is 0 Å². The highest BCUT2D eigenvalue weighted by Crippen LogP contribution is 2.19. The largest absolute Gasteiger partial charge is 0.489 e. The fourth-order valence-electron chi connectivity index (χ4n) is 2.73. The van der Waals surface area contributed by atoms with Crippen molar-refractivity contribution >= 4 is 46.8 Å². The number of rotatable bonds is 8. The van der Waals surface area contributed by atoms with Crippen LogP contribution in [0.25, 0.3) is 6.08 Å². The molecule has 0 aliphatic heterocycles. The first-order valence-corrected chi connectivity index (χ1v) is 10.5. The maximum atomic E-state index is 12.0. The topological polar surface area (TPSA) is 64.6 Å². The maximum absolute atomic E-state index is 12.0. The maximum Gasteiger partial charge on any atom is 0.331 e. The molecule has 0 bridgehead atoms. The molecule has 0 atom stereocenters. The van der Waals surface area contributed by atoms with E-state index < -0.39 is 11.9 Å². The summed E-state index contributed by atoms with van der Waals surface area (Å²) in [5.41, 5.74) is 3.24. The van der Waals surface area contributed by atoms with Gasteiger partial charge in [-0.3, -0.25) is 4.79 Å². The number of nitrogens with one attached hydrogen (secondary N) is 1. The third kappa shape index (κ3) is 7.45. The summed E-state index contributed by atoms with van der Waals surface area (Å²) in [5, 5.41) is 3.94. The number of aryl methyl sites for hydroxylation is 1. The summed E-state index contributed by atoms with van der Waals surface area (Å²) >= 11 is 11.8. The van der Waals surface area contributed by atoms with Gasteiger partial charge in [0.15, 0.2) is 6.61 Å². The minimum absolute atomic E-state index is 0.386. The second-order valence-electron chi connectivity index (χ2n) is 6.93. The van der Waals surface area contributed by atoms with Gasteiger partial charge >= 0.3 is 5.97 Å². The zero-order valence-corrected chi connectivity index (χ0v) is 18.8. The first kappa shape index (κ1) is 23.4. The lowest BCUT2D eigenvalue weighted by Crippen LogP contribution is -2.20. The molecule has 1 N–H and O–H groups in total. The number of hydrogen-bond acceptors (Lipinski definition) is 4. The molecule has 32 heavy (non-hydrogen) atoms. The number of amides is 1. The summed E-state index contributed by atoms with van der Waals surface area (Å²) in [6, 6.07) is 19.8. The van der Waals surface area contributed by atoms with Crippen molar-refractivity contribution in [3.63, 3.8) is 0 Å². The lowest BCUT2D eigenvalue weighted by Gasteiger charge is -2.08. The Morgan fingerprint density at radius 3 is 2.31 bits per heavy atom. The predicted octanol–water partition coefficient (Wildman–Crippen LogP) is 6.08. The molecule has 0 aliphatic rings. The molecule has 3 aromatic rings. The number of carbonyl (C=O) groups excluding carboxylic acids is 2. The molecule has 0 saturated carbocycles. The first-order chi connectivity index (χ1) is 15.4. The number of anilines is 1. The molecule has 0 aliphatic carbocycles. The second kappa shape index (κ2) is 11.4. The fourth-order valence-corrected chi connectivity index (χ4v) is 3.08. The van der Waals surface area contributed by atoms with Crippen molar-refractivity contribution in [2.24, 2.45) is 0 Å². The Kier molecular flexibility index (Phi) is 8.31. The zero-order valence-electron chi connectivity index (χ0n) is 17.3. The van der Waals surface area contributed by atoms with E-state index in [4.69, 9.17) is 32.7 Å². The molecule has 0 heterocycles. The van der Waals surface area contributed by atoms with Crippen LogP contribution in [0, 0.1) is 6.92 Å². The average Bonchev–Trinajstić information content (AvgIpc) is 2.78. The monoisotopic (exact) mass is 469 g/mol. The van der Waals surface area contributed by atoms with Crippen LogP contribution in [0.15, 0.2) is 72.8 Å². The molecule has 3 rings (SSSR count). The van der Waals surface area contributed by atoms with Gasteiger partial charge in [-0.05, 0) is 72.2 Å². The van der Waals surface area contributed by atoms with E-state index in [0.717, 1.165) is 16.7 Å². The number of benzene rings is 3. The minimum Gasteiger partial charge on any atom is -0.489 e. The number of hydrogen-bond donors (Lipinski definition) is 1. The third-order valence-corrected chi connectivity index (χ3v) is 4.91. The molecular weight excluding hydrogens is 449 g/mol. The van der Waals surface area contributed by atoms with E-state index in [0.29, 0.717) is 28.1 Å². The quantitative estimate of drug-likeness (QED) is 0.320. The Morgan fingerprint density at radius 2 is 1.62 bits per heavy atom. The summed E-state index contributed by atoms with van der Waals surface area (Å²) in [4.78, 5) is 23.9. The predicted molar refractivity (Wildman–Crippen MR) is 127 cm³/mol. The van der Waals surface area contributed by atoms with Gasteiger partial charge in [0.05, 0.1) is 0 Å². The molecule has 0 fully saturated rings. The lowest BCUT2D eigenvalue weighted by atomic mass is 10.2. The van der Waals surface area contributed by atoms with E-state index in [9.17, 15) is 9.59 Å². The fraction of sp³-hybridized carbons (Fsp3) is 0.120. The van der Waals surface area contributed by atoms with Crippen molar-refractivity contribution < 1.29 is 19.1 Å². The van der Waals surface area contributed by atoms with Crippen molar-refractivity contribution in [1.29, 1.82) is 0 Å². The van der Waals surface area contributed by atoms with Crippen LogP contribution in [0.3, 0.4) is 0 Å². The van der Waals surface area contributed by atoms with Crippen LogP contribution < -0.4 is 10.1 Å². The van der Waals surface area contributed by atoms with E-state index in [1.54, 1.807) is 24.3 Å². The SMILES string of the molecule is Cc1cc(Cl)ccc1NC(=O)COC(=O)/C=C/c1ccc(OCc2ccc(Cl)cc2)cc1. The Hall–Kier alpha value is -3.28. The van der Waals surface area contributed by atoms with Gasteiger partial charge in [0, 0.05) is 21.8 Å². The molecule has 0 unspecified atom stereocenters. The minimum atomic E-state index is -0.615. The van der Waals surface area contributed by atoms with Crippen LogP contribution in [0.5, 0.6) is 5.75 Å². The smallest absolute Gasteiger partial charge is 0.331 e. The molecule has 3 aromatic carbocycles. The molecular formula is C25H21Cl2NO4. The molecule has 7 heteroatoms. The summed E-state index contributed by atoms with van der Waals surface area (Å²) < 4.78 is 10.7. The van der Waals surface area contributed by atoms with E-state index in [2.05, 4.69) is 5.32 Å². The van der Waals surface area contributed by atoms with Gasteiger partial charge in [-0.25, -0.2) is 4.79 Å². The van der Waals surface area contributed by atoms with Gasteiger partial charge in [-0.1, -0.05) is 47.5 Å². The van der Waals surface area contributed by atoms with Crippen molar-refractivity contribution in [1.82, 2.24) is 0 Å². The van der Waals surface area contributed by atoms with Crippen molar-refractivity contribution in [3.8, 4) is 5.75 Å². The van der Waals surface area contributed by atoms with Crippen LogP contribution >= 0.6 is 23.2 Å². The number of halogens is 2. The van der Waals surface area contributed by atoms with Crippen LogP contribution in [0.2, 0.25) is 10.0 Å². The van der Waals surface area contributed by atoms with E-state index >= 15 is 0 Å². The Labute approximate surface area is 196 Å². The van der Waals surface area contributed by atoms with Crippen molar-refractivity contribution in [2.75, 3.05) is 11.9 Å². The Morgan fingerprint density at radius 1 is 0.938 bits per heavy atom. The van der Waals surface area contributed by atoms with E-state index in [-0.39, 0.29) is 6.61 Å². The van der Waals surface area contributed by atoms with Crippen LogP contribution in [-0.2, 0) is 20.9 Å². The highest BCUT2D eigenvalue weighted by molar-refractivity contribution is 6.31. The molecule has 0 spiro atoms. The van der Waals surface area contributed by atoms with Crippen molar-refractivity contribution in [2.45, 2.75) is 13.5 Å². The van der Waals surface area contributed by atoms with Crippen LogP contribution in [-0.4, -0.2) is 18.5 Å². The summed E-state index contributed by atoms with van der Waals surface area (Å²) in [6.07, 6.45) is 2.87. The molecule has 0 aromatic heterocycles. The molecule has 0 radical (unpaired) electrons. The molecule has 1 amide bonds. The third-order valence-electron chi connectivity index (χ3n) is 4.42. The number of carbonyl (C=O) groups is 2. The van der Waals surface area contributed by atoms with Gasteiger partial charge < -0.3 is 14.8 Å². The standard InChI is InChI=1S/C25H21Cl2NO4/c1-17-14-21(27)9-12-23(17)28-24(29)16-32-25(30)13-6-18-4-10-22(11-5-18)31-15-19-2-7-20(26)8-3-19/h2-14H,15-16H2,1H3,(H,28,29)/b13-6+. The highest BCUT2D eigenvalue weighted by atomic mass is 35.5. The second-order valence-corrected chi connectivity index (χ2v) is 7.81. The van der Waals surface area contributed by atoms with Crippen molar-refractivity contribution in [3.05, 3.63) is 99.5 Å². The highest BCUT2D eigenvalue weighted by Gasteiger charge is 2.08. The van der Waals surface area contributed by atoms with Crippen LogP contribution in [0.1, 0.15) is 16.7 Å². The van der Waals surface area contributed by atoms with E-state index in [1.807, 2.05) is 55.5 Å². The van der Waals surface area contributed by atoms with Gasteiger partial charge in [0.2, 0.25) is 0 Å². The lowest BCUT2D eigenvalue weighted by molar-refractivity contribution is -0.142. The normalized spacial score (nSPS) is 10.7. The van der Waals surface area contributed by atoms with Gasteiger partial charge in [0.1, 0.15) is 12.4 Å². The van der Waals surface area contributed by atoms with Gasteiger partial charge in [-0.15, -0.1) is 0 Å². The summed E-state index contributed by atoms with van der Waals surface area (Å²) in [6.45, 7) is 1.86. The number of esters is 1. The summed E-state index contributed by atoms with van der Waals surface area (Å²) in [5.74, 6) is -0.343. The average molecular weight is 470 g/mol. The molecule has 5 nitrogen and oxygen atoms in total. The Bertz CT molecular complexity index is 1110. The Balaban J connectivity index is 1.43. The van der Waals surface area contributed by atoms with Gasteiger partial charge in [0.25, 0.3) is 5.91 Å². The summed E-state index contributed by atoms with van der Waals surface area (Å²) in [7, 11) is 0. The zero-order chi connectivity index (χ0) is 22.9. The number of ether oxygens (including phenoxy) is 2. The van der Waals surface area contributed by atoms with E-state index in [1.165, 1.54) is 6.08 Å². The molecule has 0 saturated heterocycles. The molecule has 164 valence electrons.